The number of aryl methyl sites for hydroxylation is 4. The Morgan fingerprint density at radius 3 is 2.61 bits per heavy atom. The molecule has 3 aromatic rings. The highest BCUT2D eigenvalue weighted by molar-refractivity contribution is 6.10. The van der Waals surface area contributed by atoms with Crippen molar-refractivity contribution in [3.05, 3.63) is 41.0 Å². The minimum absolute atomic E-state index is 0.0640. The fraction of sp³-hybridized carbons (Fsp3) is 0.364. The van der Waals surface area contributed by atoms with Crippen molar-refractivity contribution in [1.29, 1.82) is 0 Å². The van der Waals surface area contributed by atoms with Crippen LogP contribution in [0.4, 0.5) is 11.4 Å². The van der Waals surface area contributed by atoms with Gasteiger partial charge in [-0.25, -0.2) is 9.98 Å². The van der Waals surface area contributed by atoms with E-state index < -0.39 is 0 Å². The third-order valence-electron chi connectivity index (χ3n) is 5.81. The first-order valence-electron chi connectivity index (χ1n) is 10.2. The fourth-order valence-corrected chi connectivity index (χ4v) is 4.47. The topological polar surface area (TPSA) is 102 Å². The molecular weight excluding hydrogens is 394 g/mol. The highest BCUT2D eigenvalue weighted by Crippen LogP contribution is 2.46. The molecule has 5 rings (SSSR count). The summed E-state index contributed by atoms with van der Waals surface area (Å²) in [7, 11) is 3.59. The largest absolute Gasteiger partial charge is 0.496 e. The molecule has 9 nitrogen and oxygen atoms in total. The van der Waals surface area contributed by atoms with E-state index in [1.165, 1.54) is 0 Å². The van der Waals surface area contributed by atoms with Crippen LogP contribution in [0.2, 0.25) is 0 Å². The number of nitrogens with zero attached hydrogens (tertiary/aromatic N) is 5. The van der Waals surface area contributed by atoms with Crippen molar-refractivity contribution in [1.82, 2.24) is 14.9 Å². The number of aliphatic imine (C=N–C) groups is 2. The van der Waals surface area contributed by atoms with Crippen LogP contribution in [-0.4, -0.2) is 39.9 Å². The number of fused-ring (bicyclic) bond motifs is 3. The number of amidine groups is 2. The summed E-state index contributed by atoms with van der Waals surface area (Å²) in [4.78, 5) is 9.49. The Bertz CT molecular complexity index is 1230. The van der Waals surface area contributed by atoms with Crippen molar-refractivity contribution in [2.45, 2.75) is 39.8 Å². The van der Waals surface area contributed by atoms with Gasteiger partial charge in [-0.2, -0.15) is 5.10 Å². The van der Waals surface area contributed by atoms with Gasteiger partial charge >= 0.3 is 0 Å². The third-order valence-corrected chi connectivity index (χ3v) is 5.81. The van der Waals surface area contributed by atoms with Crippen LogP contribution in [0, 0.1) is 20.8 Å². The predicted octanol–water partition coefficient (Wildman–Crippen LogP) is 3.79. The van der Waals surface area contributed by atoms with Gasteiger partial charge < -0.3 is 19.9 Å². The summed E-state index contributed by atoms with van der Waals surface area (Å²) in [5.74, 6) is 3.02. The van der Waals surface area contributed by atoms with Crippen molar-refractivity contribution < 1.29 is 9.26 Å². The summed E-state index contributed by atoms with van der Waals surface area (Å²) in [6.45, 7) is 7.73. The molecule has 0 bridgehead atoms. The number of anilines is 2. The van der Waals surface area contributed by atoms with Crippen LogP contribution in [0.3, 0.4) is 0 Å². The molecular formula is C22H25N7O2. The molecule has 0 saturated carbocycles. The maximum Gasteiger partial charge on any atom is 0.141 e. The maximum atomic E-state index is 5.77. The lowest BCUT2D eigenvalue weighted by atomic mass is 9.93. The first-order chi connectivity index (χ1) is 14.9. The Morgan fingerprint density at radius 1 is 1.16 bits per heavy atom. The number of nitrogens with one attached hydrogen (secondary N) is 2. The number of benzene rings is 1. The molecule has 0 spiro atoms. The lowest BCUT2D eigenvalue weighted by Gasteiger charge is -2.24. The highest BCUT2D eigenvalue weighted by Gasteiger charge is 2.39. The summed E-state index contributed by atoms with van der Waals surface area (Å²) >= 11 is 0. The molecule has 2 unspecified atom stereocenters. The van der Waals surface area contributed by atoms with E-state index in [-0.39, 0.29) is 12.1 Å². The summed E-state index contributed by atoms with van der Waals surface area (Å²) in [5, 5.41) is 15.6. The smallest absolute Gasteiger partial charge is 0.141 e. The second-order valence-corrected chi connectivity index (χ2v) is 8.01. The van der Waals surface area contributed by atoms with Crippen LogP contribution in [0.1, 0.15) is 35.6 Å². The molecule has 1 aromatic carbocycles. The second kappa shape index (κ2) is 6.97. The molecule has 31 heavy (non-hydrogen) atoms. The molecule has 0 aliphatic carbocycles. The van der Waals surface area contributed by atoms with Gasteiger partial charge in [-0.05, 0) is 45.4 Å². The first kappa shape index (κ1) is 19.3. The highest BCUT2D eigenvalue weighted by atomic mass is 16.5. The van der Waals surface area contributed by atoms with Gasteiger partial charge in [0, 0.05) is 24.5 Å². The zero-order valence-electron chi connectivity index (χ0n) is 18.4. The average molecular weight is 419 g/mol. The van der Waals surface area contributed by atoms with E-state index in [0.717, 1.165) is 62.6 Å². The van der Waals surface area contributed by atoms with E-state index in [0.29, 0.717) is 0 Å². The molecule has 2 aliphatic rings. The Labute approximate surface area is 180 Å². The van der Waals surface area contributed by atoms with Crippen molar-refractivity contribution in [2.75, 3.05) is 17.7 Å². The van der Waals surface area contributed by atoms with Crippen molar-refractivity contribution in [2.24, 2.45) is 17.0 Å². The first-order valence-corrected chi connectivity index (χ1v) is 10.2. The van der Waals surface area contributed by atoms with Crippen molar-refractivity contribution in [3.8, 4) is 16.9 Å². The number of rotatable bonds is 3. The monoisotopic (exact) mass is 419 g/mol. The van der Waals surface area contributed by atoms with Gasteiger partial charge in [0.1, 0.15) is 29.3 Å². The normalized spacial score (nSPS) is 19.3. The number of hydrogen-bond acceptors (Lipinski definition) is 8. The zero-order chi connectivity index (χ0) is 21.9. The standard InChI is InChI=1S/C22H25N7O2/c1-10-17(9-29(5)27-10)26-22-20-14-8-18(30-6)15(19-11(2)28-31-12(19)3)7-16(14)25-21(20)23-13(4)24-22/h7-9,20-21,25H,1-6H3,(H,23,24,26). The number of methoxy groups -OCH3 is 1. The summed E-state index contributed by atoms with van der Waals surface area (Å²) in [6, 6.07) is 4.16. The summed E-state index contributed by atoms with van der Waals surface area (Å²) < 4.78 is 13.0. The zero-order valence-corrected chi connectivity index (χ0v) is 18.4. The quantitative estimate of drug-likeness (QED) is 0.670. The van der Waals surface area contributed by atoms with E-state index in [1.807, 2.05) is 40.9 Å². The Balaban J connectivity index is 1.60. The number of hydrogen-bond donors (Lipinski definition) is 2. The molecule has 2 aromatic heterocycles. The van der Waals surface area contributed by atoms with Gasteiger partial charge in [-0.15, -0.1) is 0 Å². The molecule has 0 radical (unpaired) electrons. The lowest BCUT2D eigenvalue weighted by molar-refractivity contribution is 0.393. The molecule has 9 heteroatoms. The van der Waals surface area contributed by atoms with Gasteiger partial charge in [-0.3, -0.25) is 4.68 Å². The average Bonchev–Trinajstić information content (AvgIpc) is 3.34. The molecule has 2 atom stereocenters. The fourth-order valence-electron chi connectivity index (χ4n) is 4.47. The minimum atomic E-state index is -0.142. The van der Waals surface area contributed by atoms with Gasteiger partial charge in [0.15, 0.2) is 0 Å². The Morgan fingerprint density at radius 2 is 1.97 bits per heavy atom. The van der Waals surface area contributed by atoms with Crippen LogP contribution in [-0.2, 0) is 7.05 Å². The van der Waals surface area contributed by atoms with E-state index in [4.69, 9.17) is 19.2 Å². The van der Waals surface area contributed by atoms with E-state index >= 15 is 0 Å². The molecule has 0 amide bonds. The van der Waals surface area contributed by atoms with Crippen molar-refractivity contribution >= 4 is 23.0 Å². The van der Waals surface area contributed by atoms with Gasteiger partial charge in [0.2, 0.25) is 0 Å². The molecule has 0 fully saturated rings. The van der Waals surface area contributed by atoms with E-state index in [1.54, 1.807) is 11.8 Å². The number of ether oxygens (including phenoxy) is 1. The maximum absolute atomic E-state index is 5.77. The second-order valence-electron chi connectivity index (χ2n) is 8.01. The van der Waals surface area contributed by atoms with Gasteiger partial charge in [0.05, 0.1) is 35.7 Å². The van der Waals surface area contributed by atoms with Crippen LogP contribution in [0.25, 0.3) is 11.1 Å². The predicted molar refractivity (Wildman–Crippen MR) is 120 cm³/mol. The Hall–Kier alpha value is -3.62. The van der Waals surface area contributed by atoms with E-state index in [2.05, 4.69) is 33.0 Å². The van der Waals surface area contributed by atoms with Crippen LogP contribution < -0.4 is 15.4 Å². The summed E-state index contributed by atoms with van der Waals surface area (Å²) in [5.41, 5.74) is 6.66. The van der Waals surface area contributed by atoms with Gasteiger partial charge in [0.25, 0.3) is 0 Å². The SMILES string of the molecule is COc1cc2c(cc1-c1c(C)noc1C)NC1N=C(C)N=C(Nc3cn(C)nc3C)C21. The minimum Gasteiger partial charge on any atom is -0.496 e. The van der Waals surface area contributed by atoms with Crippen LogP contribution >= 0.6 is 0 Å². The van der Waals surface area contributed by atoms with Crippen LogP contribution in [0.15, 0.2) is 32.8 Å². The molecule has 4 heterocycles. The molecule has 160 valence electrons. The van der Waals surface area contributed by atoms with Crippen LogP contribution in [0.5, 0.6) is 5.75 Å². The molecule has 0 saturated heterocycles. The van der Waals surface area contributed by atoms with Crippen molar-refractivity contribution in [3.63, 3.8) is 0 Å². The van der Waals surface area contributed by atoms with E-state index in [9.17, 15) is 0 Å². The molecule has 2 aliphatic heterocycles. The van der Waals surface area contributed by atoms with Gasteiger partial charge in [-0.1, -0.05) is 5.16 Å². The lowest BCUT2D eigenvalue weighted by Crippen LogP contribution is -2.34. The Kier molecular flexibility index (Phi) is 4.35. The third kappa shape index (κ3) is 3.08. The number of aromatic nitrogens is 3. The molecule has 2 N–H and O–H groups in total. The summed E-state index contributed by atoms with van der Waals surface area (Å²) in [6.07, 6.45) is 1.81.